The first-order chi connectivity index (χ1) is 9.71. The molecule has 0 aromatic heterocycles. The Morgan fingerprint density at radius 3 is 2.38 bits per heavy atom. The Kier molecular flexibility index (Phi) is 3.15. The number of nitrogens with one attached hydrogen (secondary N) is 1. The number of rotatable bonds is 1. The lowest BCUT2D eigenvalue weighted by Gasteiger charge is -2.32. The molecule has 1 N–H and O–H groups in total. The molecule has 0 spiro atoms. The van der Waals surface area contributed by atoms with Gasteiger partial charge in [0.2, 0.25) is 5.91 Å². The van der Waals surface area contributed by atoms with Crippen LogP contribution >= 0.6 is 0 Å². The third-order valence-electron chi connectivity index (χ3n) is 4.66. The standard InChI is InChI=1S/C15H19BFNO3/c1-14(2)15(3,4)21-16(20-14)10-6-7-11-9(13(10)17)5-8-12(19)18-11/h6-7H,5,8H2,1-4H3,(H,18,19). The van der Waals surface area contributed by atoms with Gasteiger partial charge in [-0.25, -0.2) is 4.39 Å². The van der Waals surface area contributed by atoms with Gasteiger partial charge in [0.15, 0.2) is 0 Å². The van der Waals surface area contributed by atoms with Crippen LogP contribution in [0.5, 0.6) is 0 Å². The fraction of sp³-hybridized carbons (Fsp3) is 0.533. The zero-order chi connectivity index (χ0) is 15.4. The Morgan fingerprint density at radius 1 is 1.14 bits per heavy atom. The highest BCUT2D eigenvalue weighted by Gasteiger charge is 2.52. The lowest BCUT2D eigenvalue weighted by Crippen LogP contribution is -2.41. The third-order valence-corrected chi connectivity index (χ3v) is 4.66. The van der Waals surface area contributed by atoms with E-state index in [4.69, 9.17) is 9.31 Å². The molecule has 3 rings (SSSR count). The largest absolute Gasteiger partial charge is 0.497 e. The number of hydrogen-bond donors (Lipinski definition) is 1. The van der Waals surface area contributed by atoms with Crippen LogP contribution in [0.3, 0.4) is 0 Å². The van der Waals surface area contributed by atoms with Crippen molar-refractivity contribution in [3.63, 3.8) is 0 Å². The van der Waals surface area contributed by atoms with E-state index >= 15 is 0 Å². The van der Waals surface area contributed by atoms with Gasteiger partial charge >= 0.3 is 7.12 Å². The van der Waals surface area contributed by atoms with Gasteiger partial charge in [0.05, 0.1) is 11.2 Å². The van der Waals surface area contributed by atoms with Crippen LogP contribution in [0.1, 0.15) is 39.7 Å². The minimum Gasteiger partial charge on any atom is -0.399 e. The number of hydrogen-bond acceptors (Lipinski definition) is 3. The van der Waals surface area contributed by atoms with Crippen molar-refractivity contribution in [2.45, 2.75) is 51.7 Å². The minimum atomic E-state index is -0.724. The molecule has 2 aliphatic heterocycles. The van der Waals surface area contributed by atoms with Gasteiger partial charge in [-0.15, -0.1) is 0 Å². The molecule has 0 radical (unpaired) electrons. The number of amides is 1. The predicted octanol–water partition coefficient (Wildman–Crippen LogP) is 2.01. The predicted molar refractivity (Wildman–Crippen MR) is 79.1 cm³/mol. The van der Waals surface area contributed by atoms with Crippen LogP contribution in [0.25, 0.3) is 0 Å². The fourth-order valence-electron chi connectivity index (χ4n) is 2.60. The van der Waals surface area contributed by atoms with Crippen LogP contribution < -0.4 is 10.8 Å². The summed E-state index contributed by atoms with van der Waals surface area (Å²) < 4.78 is 26.5. The monoisotopic (exact) mass is 291 g/mol. The number of benzene rings is 1. The summed E-state index contributed by atoms with van der Waals surface area (Å²) in [7, 11) is -0.724. The first-order valence-electron chi connectivity index (χ1n) is 7.18. The highest BCUT2D eigenvalue weighted by molar-refractivity contribution is 6.62. The lowest BCUT2D eigenvalue weighted by atomic mass is 9.77. The van der Waals surface area contributed by atoms with E-state index < -0.39 is 18.3 Å². The molecule has 1 saturated heterocycles. The highest BCUT2D eigenvalue weighted by Crippen LogP contribution is 2.37. The quantitative estimate of drug-likeness (QED) is 0.805. The topological polar surface area (TPSA) is 47.6 Å². The Morgan fingerprint density at radius 2 is 1.76 bits per heavy atom. The van der Waals surface area contributed by atoms with Crippen LogP contribution in [-0.2, 0) is 20.5 Å². The number of carbonyl (C=O) groups is 1. The van der Waals surface area contributed by atoms with E-state index in [1.165, 1.54) is 0 Å². The van der Waals surface area contributed by atoms with E-state index in [1.807, 2.05) is 27.7 Å². The first-order valence-corrected chi connectivity index (χ1v) is 7.18. The van der Waals surface area contributed by atoms with E-state index in [0.29, 0.717) is 29.6 Å². The van der Waals surface area contributed by atoms with Crippen molar-refractivity contribution in [1.82, 2.24) is 0 Å². The zero-order valence-electron chi connectivity index (χ0n) is 12.7. The smallest absolute Gasteiger partial charge is 0.399 e. The molecule has 1 aromatic carbocycles. The van der Waals surface area contributed by atoms with E-state index in [0.717, 1.165) is 0 Å². The van der Waals surface area contributed by atoms with Crippen molar-refractivity contribution in [2.75, 3.05) is 5.32 Å². The number of carbonyl (C=O) groups excluding carboxylic acids is 1. The molecule has 0 bridgehead atoms. The molecule has 6 heteroatoms. The molecule has 0 saturated carbocycles. The van der Waals surface area contributed by atoms with E-state index in [-0.39, 0.29) is 11.7 Å². The molecule has 1 fully saturated rings. The molecule has 1 aromatic rings. The van der Waals surface area contributed by atoms with Crippen LogP contribution in [0.15, 0.2) is 12.1 Å². The summed E-state index contributed by atoms with van der Waals surface area (Å²) in [6, 6.07) is 3.34. The minimum absolute atomic E-state index is 0.0784. The van der Waals surface area contributed by atoms with Crippen LogP contribution in [0, 0.1) is 5.82 Å². The van der Waals surface area contributed by atoms with Crippen molar-refractivity contribution in [1.29, 1.82) is 0 Å². The Labute approximate surface area is 124 Å². The Balaban J connectivity index is 1.97. The van der Waals surface area contributed by atoms with Gasteiger partial charge in [-0.1, -0.05) is 6.07 Å². The lowest BCUT2D eigenvalue weighted by molar-refractivity contribution is -0.116. The molecule has 0 atom stereocenters. The summed E-state index contributed by atoms with van der Waals surface area (Å²) in [6.45, 7) is 7.74. The number of fused-ring (bicyclic) bond motifs is 1. The summed E-state index contributed by atoms with van der Waals surface area (Å²) in [5, 5.41) is 2.69. The molecule has 112 valence electrons. The van der Waals surface area contributed by atoms with Crippen LogP contribution in [0.2, 0.25) is 0 Å². The fourth-order valence-corrected chi connectivity index (χ4v) is 2.60. The summed E-state index contributed by atoms with van der Waals surface area (Å²) >= 11 is 0. The van der Waals surface area contributed by atoms with Gasteiger partial charge in [-0.2, -0.15) is 0 Å². The van der Waals surface area contributed by atoms with E-state index in [9.17, 15) is 9.18 Å². The molecule has 2 heterocycles. The molecule has 21 heavy (non-hydrogen) atoms. The first kappa shape index (κ1) is 14.5. The van der Waals surface area contributed by atoms with Gasteiger partial charge in [0, 0.05) is 23.1 Å². The molecular weight excluding hydrogens is 272 g/mol. The second kappa shape index (κ2) is 4.55. The van der Waals surface area contributed by atoms with Gasteiger partial charge in [0.25, 0.3) is 0 Å². The molecule has 0 aliphatic carbocycles. The Hall–Kier alpha value is -1.40. The van der Waals surface area contributed by atoms with Crippen LogP contribution in [-0.4, -0.2) is 24.2 Å². The van der Waals surface area contributed by atoms with Gasteiger partial charge in [-0.05, 0) is 40.2 Å². The maximum absolute atomic E-state index is 14.7. The van der Waals surface area contributed by atoms with E-state index in [1.54, 1.807) is 12.1 Å². The molecule has 4 nitrogen and oxygen atoms in total. The van der Waals surface area contributed by atoms with E-state index in [2.05, 4.69) is 5.32 Å². The normalized spacial score (nSPS) is 22.9. The SMILES string of the molecule is CC1(C)OB(c2ccc3c(c2F)CCC(=O)N3)OC1(C)C. The van der Waals surface area contributed by atoms with Gasteiger partial charge < -0.3 is 14.6 Å². The van der Waals surface area contributed by atoms with Crippen molar-refractivity contribution in [3.05, 3.63) is 23.5 Å². The summed E-state index contributed by atoms with van der Waals surface area (Å²) in [5.74, 6) is -0.420. The van der Waals surface area contributed by atoms with Gasteiger partial charge in [0.1, 0.15) is 5.82 Å². The number of anilines is 1. The Bertz CT molecular complexity index is 599. The summed E-state index contributed by atoms with van der Waals surface area (Å²) in [5.41, 5.74) is 0.456. The summed E-state index contributed by atoms with van der Waals surface area (Å²) in [6.07, 6.45) is 0.705. The molecule has 0 unspecified atom stereocenters. The maximum Gasteiger partial charge on any atom is 0.497 e. The second-order valence-corrected chi connectivity index (χ2v) is 6.63. The molecular formula is C15H19BFNO3. The van der Waals surface area contributed by atoms with Crippen LogP contribution in [0.4, 0.5) is 10.1 Å². The van der Waals surface area contributed by atoms with Crippen molar-refractivity contribution in [2.24, 2.45) is 0 Å². The molecule has 1 amide bonds. The van der Waals surface area contributed by atoms with Crippen molar-refractivity contribution >= 4 is 24.2 Å². The van der Waals surface area contributed by atoms with Crippen molar-refractivity contribution in [3.8, 4) is 0 Å². The average Bonchev–Trinajstić information content (AvgIpc) is 2.58. The zero-order valence-corrected chi connectivity index (χ0v) is 12.7. The van der Waals surface area contributed by atoms with Crippen molar-refractivity contribution < 1.29 is 18.5 Å². The number of halogens is 1. The third kappa shape index (κ3) is 2.26. The summed E-state index contributed by atoms with van der Waals surface area (Å²) in [4.78, 5) is 11.4. The second-order valence-electron chi connectivity index (χ2n) is 6.63. The van der Waals surface area contributed by atoms with Gasteiger partial charge in [-0.3, -0.25) is 4.79 Å². The molecule has 2 aliphatic rings. The average molecular weight is 291 g/mol. The maximum atomic E-state index is 14.7. The highest BCUT2D eigenvalue weighted by atomic mass is 19.1.